The van der Waals surface area contributed by atoms with Crippen molar-refractivity contribution in [3.63, 3.8) is 0 Å². The molecule has 0 aromatic heterocycles. The van der Waals surface area contributed by atoms with Crippen molar-refractivity contribution in [1.29, 1.82) is 0 Å². The second-order valence-corrected chi connectivity index (χ2v) is 4.22. The van der Waals surface area contributed by atoms with Crippen molar-refractivity contribution >= 4 is 5.78 Å². The van der Waals surface area contributed by atoms with Crippen molar-refractivity contribution in [2.24, 2.45) is 5.41 Å². The van der Waals surface area contributed by atoms with E-state index in [1.54, 1.807) is 6.92 Å². The summed E-state index contributed by atoms with van der Waals surface area (Å²) in [5, 5.41) is 8.65. The topological polar surface area (TPSA) is 37.3 Å². The zero-order chi connectivity index (χ0) is 10.3. The summed E-state index contributed by atoms with van der Waals surface area (Å²) in [4.78, 5) is 11.0. The Labute approximate surface area is 81.3 Å². The van der Waals surface area contributed by atoms with Crippen LogP contribution in [-0.4, -0.2) is 17.5 Å². The second-order valence-electron chi connectivity index (χ2n) is 4.22. The molecule has 1 N–H and O–H groups in total. The number of carbonyl (C=O) groups is 1. The Morgan fingerprint density at radius 2 is 2.00 bits per heavy atom. The zero-order valence-electron chi connectivity index (χ0n) is 9.10. The van der Waals surface area contributed by atoms with Gasteiger partial charge in [0, 0.05) is 13.0 Å². The van der Waals surface area contributed by atoms with Crippen LogP contribution in [0.15, 0.2) is 0 Å². The Hall–Kier alpha value is -0.370. The van der Waals surface area contributed by atoms with Crippen molar-refractivity contribution in [3.8, 4) is 0 Å². The minimum Gasteiger partial charge on any atom is -0.396 e. The van der Waals surface area contributed by atoms with Crippen molar-refractivity contribution in [2.45, 2.75) is 52.9 Å². The highest BCUT2D eigenvalue weighted by Gasteiger charge is 2.22. The van der Waals surface area contributed by atoms with Crippen LogP contribution in [0, 0.1) is 5.41 Å². The van der Waals surface area contributed by atoms with Crippen LogP contribution in [0.4, 0.5) is 0 Å². The molecular weight excluding hydrogens is 164 g/mol. The summed E-state index contributed by atoms with van der Waals surface area (Å²) in [5.74, 6) is 0.272. The molecule has 0 aromatic rings. The molecule has 0 saturated heterocycles. The third-order valence-corrected chi connectivity index (χ3v) is 2.72. The summed E-state index contributed by atoms with van der Waals surface area (Å²) in [7, 11) is 0. The summed E-state index contributed by atoms with van der Waals surface area (Å²) < 4.78 is 0. The summed E-state index contributed by atoms with van der Waals surface area (Å²) in [6.07, 6.45) is 4.64. The number of hydrogen-bond donors (Lipinski definition) is 1. The molecule has 1 unspecified atom stereocenters. The van der Waals surface area contributed by atoms with E-state index < -0.39 is 0 Å². The highest BCUT2D eigenvalue weighted by atomic mass is 16.2. The molecule has 0 spiro atoms. The Balaban J connectivity index is 3.88. The SMILES string of the molecule is CCC(C)(CCCCO)CC(C)=O. The van der Waals surface area contributed by atoms with E-state index in [4.69, 9.17) is 5.11 Å². The molecule has 2 nitrogen and oxygen atoms in total. The van der Waals surface area contributed by atoms with Gasteiger partial charge >= 0.3 is 0 Å². The first-order valence-electron chi connectivity index (χ1n) is 5.14. The van der Waals surface area contributed by atoms with Gasteiger partial charge in [0.25, 0.3) is 0 Å². The van der Waals surface area contributed by atoms with Gasteiger partial charge in [0.1, 0.15) is 5.78 Å². The number of carbonyl (C=O) groups excluding carboxylic acids is 1. The predicted molar refractivity (Wildman–Crippen MR) is 54.6 cm³/mol. The highest BCUT2D eigenvalue weighted by Crippen LogP contribution is 2.32. The summed E-state index contributed by atoms with van der Waals surface area (Å²) >= 11 is 0. The maximum Gasteiger partial charge on any atom is 0.130 e. The van der Waals surface area contributed by atoms with E-state index >= 15 is 0 Å². The van der Waals surface area contributed by atoms with Gasteiger partial charge in [0.15, 0.2) is 0 Å². The smallest absolute Gasteiger partial charge is 0.130 e. The molecule has 1 atom stereocenters. The van der Waals surface area contributed by atoms with Crippen molar-refractivity contribution < 1.29 is 9.90 Å². The molecule has 78 valence electrons. The summed E-state index contributed by atoms with van der Waals surface area (Å²) in [5.41, 5.74) is 0.154. The molecule has 0 aromatic carbocycles. The van der Waals surface area contributed by atoms with Gasteiger partial charge in [-0.1, -0.05) is 26.7 Å². The minimum absolute atomic E-state index is 0.154. The molecule has 0 fully saturated rings. The molecule has 0 radical (unpaired) electrons. The number of rotatable bonds is 7. The number of aliphatic hydroxyl groups excluding tert-OH is 1. The van der Waals surface area contributed by atoms with E-state index in [0.717, 1.165) is 25.7 Å². The second kappa shape index (κ2) is 6.14. The average Bonchev–Trinajstić information content (AvgIpc) is 2.04. The van der Waals surface area contributed by atoms with Crippen LogP contribution < -0.4 is 0 Å². The van der Waals surface area contributed by atoms with Gasteiger partial charge in [-0.3, -0.25) is 0 Å². The maximum absolute atomic E-state index is 11.0. The summed E-state index contributed by atoms with van der Waals surface area (Å²) in [6, 6.07) is 0. The van der Waals surface area contributed by atoms with Gasteiger partial charge in [-0.05, 0) is 25.2 Å². The van der Waals surface area contributed by atoms with Crippen LogP contribution in [0.2, 0.25) is 0 Å². The number of unbranched alkanes of at least 4 members (excludes halogenated alkanes) is 1. The Bertz CT molecular complexity index is 154. The van der Waals surface area contributed by atoms with E-state index in [-0.39, 0.29) is 17.8 Å². The summed E-state index contributed by atoms with van der Waals surface area (Å²) in [6.45, 7) is 6.20. The molecule has 0 bridgehead atoms. The molecule has 0 aliphatic carbocycles. The van der Waals surface area contributed by atoms with E-state index in [0.29, 0.717) is 6.42 Å². The predicted octanol–water partition coefficient (Wildman–Crippen LogP) is 2.54. The number of Topliss-reactive ketones (excluding diaryl/α,β-unsaturated/α-hetero) is 1. The number of ketones is 1. The van der Waals surface area contributed by atoms with Gasteiger partial charge in [-0.2, -0.15) is 0 Å². The van der Waals surface area contributed by atoms with E-state index in [2.05, 4.69) is 13.8 Å². The first-order valence-corrected chi connectivity index (χ1v) is 5.14. The maximum atomic E-state index is 11.0. The van der Waals surface area contributed by atoms with Gasteiger partial charge in [-0.25, -0.2) is 0 Å². The van der Waals surface area contributed by atoms with Crippen molar-refractivity contribution in [2.75, 3.05) is 6.61 Å². The van der Waals surface area contributed by atoms with Crippen molar-refractivity contribution in [3.05, 3.63) is 0 Å². The van der Waals surface area contributed by atoms with E-state index in [1.807, 2.05) is 0 Å². The van der Waals surface area contributed by atoms with Crippen LogP contribution in [0.3, 0.4) is 0 Å². The third kappa shape index (κ3) is 5.81. The van der Waals surface area contributed by atoms with E-state index in [9.17, 15) is 4.79 Å². The quantitative estimate of drug-likeness (QED) is 0.620. The van der Waals surface area contributed by atoms with E-state index in [1.165, 1.54) is 0 Å². The lowest BCUT2D eigenvalue weighted by Crippen LogP contribution is -2.18. The molecule has 2 heteroatoms. The molecule has 0 aliphatic rings. The number of hydrogen-bond acceptors (Lipinski definition) is 2. The normalized spacial score (nSPS) is 15.4. The highest BCUT2D eigenvalue weighted by molar-refractivity contribution is 5.76. The van der Waals surface area contributed by atoms with Gasteiger partial charge in [0.05, 0.1) is 0 Å². The van der Waals surface area contributed by atoms with Crippen LogP contribution >= 0.6 is 0 Å². The molecule has 0 aliphatic heterocycles. The largest absolute Gasteiger partial charge is 0.396 e. The van der Waals surface area contributed by atoms with Gasteiger partial charge < -0.3 is 9.90 Å². The first-order chi connectivity index (χ1) is 6.04. The zero-order valence-corrected chi connectivity index (χ0v) is 9.10. The fourth-order valence-corrected chi connectivity index (χ4v) is 1.65. The molecule has 0 saturated carbocycles. The molecule has 0 heterocycles. The Kier molecular flexibility index (Phi) is 5.97. The Morgan fingerprint density at radius 1 is 1.38 bits per heavy atom. The minimum atomic E-state index is 0.154. The van der Waals surface area contributed by atoms with Crippen LogP contribution in [0.25, 0.3) is 0 Å². The fourth-order valence-electron chi connectivity index (χ4n) is 1.65. The molecule has 0 amide bonds. The molecular formula is C11H22O2. The first kappa shape index (κ1) is 12.6. The molecule has 13 heavy (non-hydrogen) atoms. The molecule has 0 rings (SSSR count). The van der Waals surface area contributed by atoms with Crippen LogP contribution in [0.5, 0.6) is 0 Å². The van der Waals surface area contributed by atoms with Crippen LogP contribution in [0.1, 0.15) is 52.9 Å². The lowest BCUT2D eigenvalue weighted by Gasteiger charge is -2.26. The third-order valence-electron chi connectivity index (χ3n) is 2.72. The number of aliphatic hydroxyl groups is 1. The van der Waals surface area contributed by atoms with Gasteiger partial charge in [-0.15, -0.1) is 0 Å². The fraction of sp³-hybridized carbons (Fsp3) is 0.909. The monoisotopic (exact) mass is 186 g/mol. The van der Waals surface area contributed by atoms with Gasteiger partial charge in [0.2, 0.25) is 0 Å². The Morgan fingerprint density at radius 3 is 2.38 bits per heavy atom. The standard InChI is InChI=1S/C11H22O2/c1-4-11(3,9-10(2)13)7-5-6-8-12/h12H,4-9H2,1-3H3. The lowest BCUT2D eigenvalue weighted by atomic mass is 9.78. The van der Waals surface area contributed by atoms with Crippen molar-refractivity contribution in [1.82, 2.24) is 0 Å². The average molecular weight is 186 g/mol. The van der Waals surface area contributed by atoms with Crippen LogP contribution in [-0.2, 0) is 4.79 Å². The lowest BCUT2D eigenvalue weighted by molar-refractivity contribution is -0.119.